The molecule has 1 fully saturated rings. The summed E-state index contributed by atoms with van der Waals surface area (Å²) >= 11 is 0. The van der Waals surface area contributed by atoms with Crippen molar-refractivity contribution in [3.63, 3.8) is 0 Å². The molecular weight excluding hydrogens is 290 g/mol. The first-order chi connectivity index (χ1) is 11.2. The van der Waals surface area contributed by atoms with Crippen LogP contribution in [0.2, 0.25) is 0 Å². The predicted octanol–water partition coefficient (Wildman–Crippen LogP) is 2.00. The highest BCUT2D eigenvalue weighted by Crippen LogP contribution is 2.23. The van der Waals surface area contributed by atoms with Gasteiger partial charge in [0.2, 0.25) is 0 Å². The van der Waals surface area contributed by atoms with E-state index in [4.69, 9.17) is 5.10 Å². The molecule has 6 nitrogen and oxygen atoms in total. The molecule has 0 amide bonds. The zero-order valence-electron chi connectivity index (χ0n) is 13.0. The number of aliphatic hydroxyl groups excluding tert-OH is 1. The molecule has 1 aromatic carbocycles. The fraction of sp³-hybridized carbons (Fsp3) is 0.353. The number of nitrogens with zero attached hydrogens (tertiary/aromatic N) is 5. The zero-order valence-corrected chi connectivity index (χ0v) is 13.0. The molecule has 23 heavy (non-hydrogen) atoms. The Bertz CT molecular complexity index is 816. The van der Waals surface area contributed by atoms with Crippen molar-refractivity contribution in [2.75, 3.05) is 18.0 Å². The summed E-state index contributed by atoms with van der Waals surface area (Å²) in [5.74, 6) is 1.92. The number of piperidine rings is 1. The van der Waals surface area contributed by atoms with Crippen LogP contribution in [0.5, 0.6) is 0 Å². The van der Waals surface area contributed by atoms with E-state index in [1.165, 1.54) is 0 Å². The number of aromatic nitrogens is 4. The van der Waals surface area contributed by atoms with Crippen molar-refractivity contribution in [1.29, 1.82) is 0 Å². The molecule has 1 aliphatic rings. The lowest BCUT2D eigenvalue weighted by molar-refractivity contribution is 0.102. The van der Waals surface area contributed by atoms with E-state index in [2.05, 4.69) is 22.0 Å². The van der Waals surface area contributed by atoms with Crippen molar-refractivity contribution in [3.05, 3.63) is 42.5 Å². The maximum Gasteiger partial charge on any atom is 0.185 e. The van der Waals surface area contributed by atoms with Crippen molar-refractivity contribution in [2.24, 2.45) is 5.92 Å². The first kappa shape index (κ1) is 14.1. The summed E-state index contributed by atoms with van der Waals surface area (Å²) < 4.78 is 1.77. The van der Waals surface area contributed by atoms with Gasteiger partial charge in [-0.2, -0.15) is 4.52 Å². The smallest absolute Gasteiger partial charge is 0.185 e. The number of β-amino-alcohol motifs (C(OH)–C–C–N with tert-alkyl or cyclic N) is 1. The van der Waals surface area contributed by atoms with Crippen LogP contribution >= 0.6 is 0 Å². The molecule has 1 aliphatic heterocycles. The average molecular weight is 309 g/mol. The number of benzene rings is 1. The Kier molecular flexibility index (Phi) is 3.46. The second kappa shape index (κ2) is 5.62. The number of aliphatic hydroxyl groups is 1. The minimum Gasteiger partial charge on any atom is -0.391 e. The summed E-state index contributed by atoms with van der Waals surface area (Å²) in [6.07, 6.45) is 0.657. The molecule has 1 N–H and O–H groups in total. The Morgan fingerprint density at radius 1 is 1.09 bits per heavy atom. The third kappa shape index (κ3) is 2.55. The second-order valence-electron chi connectivity index (χ2n) is 6.13. The Morgan fingerprint density at radius 2 is 1.91 bits per heavy atom. The van der Waals surface area contributed by atoms with Crippen LogP contribution in [0.3, 0.4) is 0 Å². The monoisotopic (exact) mass is 309 g/mol. The lowest BCUT2D eigenvalue weighted by atomic mass is 9.96. The van der Waals surface area contributed by atoms with Gasteiger partial charge in [0, 0.05) is 18.7 Å². The summed E-state index contributed by atoms with van der Waals surface area (Å²) in [7, 11) is 0. The van der Waals surface area contributed by atoms with Gasteiger partial charge in [0.15, 0.2) is 11.5 Å². The Balaban J connectivity index is 1.73. The molecule has 0 saturated carbocycles. The zero-order chi connectivity index (χ0) is 15.8. The number of anilines is 1. The fourth-order valence-electron chi connectivity index (χ4n) is 2.97. The largest absolute Gasteiger partial charge is 0.391 e. The van der Waals surface area contributed by atoms with Gasteiger partial charge in [0.1, 0.15) is 5.82 Å². The lowest BCUT2D eigenvalue weighted by Crippen LogP contribution is -2.43. The summed E-state index contributed by atoms with van der Waals surface area (Å²) in [4.78, 5) is 2.12. The highest BCUT2D eigenvalue weighted by Gasteiger charge is 2.25. The molecule has 118 valence electrons. The molecule has 0 bridgehead atoms. The van der Waals surface area contributed by atoms with E-state index in [1.54, 1.807) is 4.52 Å². The second-order valence-corrected chi connectivity index (χ2v) is 6.13. The van der Waals surface area contributed by atoms with Crippen LogP contribution in [0.25, 0.3) is 17.0 Å². The molecule has 1 saturated heterocycles. The predicted molar refractivity (Wildman–Crippen MR) is 88.2 cm³/mol. The number of rotatable bonds is 2. The van der Waals surface area contributed by atoms with E-state index in [0.717, 1.165) is 35.8 Å². The quantitative estimate of drug-likeness (QED) is 0.784. The average Bonchev–Trinajstić information content (AvgIpc) is 3.01. The molecule has 0 radical (unpaired) electrons. The number of hydrogen-bond donors (Lipinski definition) is 1. The summed E-state index contributed by atoms with van der Waals surface area (Å²) in [5.41, 5.74) is 1.70. The minimum absolute atomic E-state index is 0.309. The molecule has 2 aromatic heterocycles. The maximum atomic E-state index is 10.1. The third-order valence-electron chi connectivity index (χ3n) is 4.52. The van der Waals surface area contributed by atoms with Gasteiger partial charge < -0.3 is 10.0 Å². The number of hydrogen-bond acceptors (Lipinski definition) is 5. The van der Waals surface area contributed by atoms with Gasteiger partial charge in [-0.15, -0.1) is 15.3 Å². The van der Waals surface area contributed by atoms with E-state index in [0.29, 0.717) is 12.5 Å². The number of fused-ring (bicyclic) bond motifs is 1. The van der Waals surface area contributed by atoms with E-state index in [1.807, 2.05) is 42.5 Å². The Hall–Kier alpha value is -2.47. The standard InChI is InChI=1S/C17H19N5O/c1-12-9-10-21(11-14(12)23)16-8-7-15-18-19-17(22(15)20-16)13-5-3-2-4-6-13/h2-8,12,14,23H,9-11H2,1H3. The molecule has 2 unspecified atom stereocenters. The van der Waals surface area contributed by atoms with E-state index in [9.17, 15) is 5.11 Å². The van der Waals surface area contributed by atoms with Gasteiger partial charge in [-0.25, -0.2) is 0 Å². The van der Waals surface area contributed by atoms with Crippen LogP contribution in [-0.2, 0) is 0 Å². The minimum atomic E-state index is -0.309. The molecule has 2 atom stereocenters. The van der Waals surface area contributed by atoms with E-state index in [-0.39, 0.29) is 6.10 Å². The van der Waals surface area contributed by atoms with Gasteiger partial charge in [-0.05, 0) is 24.5 Å². The molecule has 4 rings (SSSR count). The topological polar surface area (TPSA) is 66.6 Å². The van der Waals surface area contributed by atoms with Crippen molar-refractivity contribution < 1.29 is 5.11 Å². The summed E-state index contributed by atoms with van der Waals surface area (Å²) in [5, 5.41) is 23.3. The Morgan fingerprint density at radius 3 is 2.70 bits per heavy atom. The normalized spacial score (nSPS) is 21.7. The fourth-order valence-corrected chi connectivity index (χ4v) is 2.97. The van der Waals surface area contributed by atoms with Crippen LogP contribution < -0.4 is 4.90 Å². The van der Waals surface area contributed by atoms with Gasteiger partial charge in [0.05, 0.1) is 6.10 Å². The third-order valence-corrected chi connectivity index (χ3v) is 4.52. The highest BCUT2D eigenvalue weighted by atomic mass is 16.3. The highest BCUT2D eigenvalue weighted by molar-refractivity contribution is 5.59. The molecule has 6 heteroatoms. The molecule has 0 spiro atoms. The molecule has 0 aliphatic carbocycles. The van der Waals surface area contributed by atoms with Crippen LogP contribution in [-0.4, -0.2) is 44.1 Å². The van der Waals surface area contributed by atoms with Crippen molar-refractivity contribution >= 4 is 11.5 Å². The summed E-state index contributed by atoms with van der Waals surface area (Å²) in [6, 6.07) is 13.8. The van der Waals surface area contributed by atoms with Gasteiger partial charge in [-0.1, -0.05) is 37.3 Å². The Labute approximate surface area is 134 Å². The first-order valence-electron chi connectivity index (χ1n) is 7.93. The van der Waals surface area contributed by atoms with Crippen molar-refractivity contribution in [2.45, 2.75) is 19.4 Å². The lowest BCUT2D eigenvalue weighted by Gasteiger charge is -2.34. The first-order valence-corrected chi connectivity index (χ1v) is 7.93. The molecular formula is C17H19N5O. The van der Waals surface area contributed by atoms with Gasteiger partial charge in [-0.3, -0.25) is 0 Å². The maximum absolute atomic E-state index is 10.1. The van der Waals surface area contributed by atoms with Crippen LogP contribution in [0, 0.1) is 5.92 Å². The summed E-state index contributed by atoms with van der Waals surface area (Å²) in [6.45, 7) is 3.61. The molecule has 3 aromatic rings. The van der Waals surface area contributed by atoms with Gasteiger partial charge in [0.25, 0.3) is 0 Å². The van der Waals surface area contributed by atoms with E-state index >= 15 is 0 Å². The van der Waals surface area contributed by atoms with Crippen LogP contribution in [0.1, 0.15) is 13.3 Å². The molecule has 3 heterocycles. The van der Waals surface area contributed by atoms with Gasteiger partial charge >= 0.3 is 0 Å². The van der Waals surface area contributed by atoms with Crippen LogP contribution in [0.15, 0.2) is 42.5 Å². The van der Waals surface area contributed by atoms with Crippen LogP contribution in [0.4, 0.5) is 5.82 Å². The van der Waals surface area contributed by atoms with Crippen molar-refractivity contribution in [3.8, 4) is 11.4 Å². The van der Waals surface area contributed by atoms with Crippen molar-refractivity contribution in [1.82, 2.24) is 19.8 Å². The van der Waals surface area contributed by atoms with E-state index < -0.39 is 0 Å². The SMILES string of the molecule is CC1CCN(c2ccc3nnc(-c4ccccc4)n3n2)CC1O.